The number of carbonyl (C=O) groups is 2. The summed E-state index contributed by atoms with van der Waals surface area (Å²) < 4.78 is 0. The van der Waals surface area contributed by atoms with E-state index < -0.39 is 5.97 Å². The molecular formula is C15H25NO3. The van der Waals surface area contributed by atoms with Crippen LogP contribution in [-0.4, -0.2) is 34.5 Å². The fourth-order valence-electron chi connectivity index (χ4n) is 3.01. The van der Waals surface area contributed by atoms with Gasteiger partial charge in [0.1, 0.15) is 0 Å². The van der Waals surface area contributed by atoms with Gasteiger partial charge in [0.25, 0.3) is 0 Å². The fourth-order valence-corrected chi connectivity index (χ4v) is 3.01. The normalized spacial score (nSPS) is 27.3. The number of hydrogen-bond donors (Lipinski definition) is 1. The number of carboxylic acids is 1. The lowest BCUT2D eigenvalue weighted by molar-refractivity contribution is -0.146. The first-order valence-electron chi connectivity index (χ1n) is 7.52. The molecule has 0 aliphatic heterocycles. The molecule has 108 valence electrons. The molecule has 1 N–H and O–H groups in total. The lowest BCUT2D eigenvalue weighted by Gasteiger charge is -2.33. The number of nitrogens with zero attached hydrogens (tertiary/aromatic N) is 1. The molecule has 4 nitrogen and oxygen atoms in total. The van der Waals surface area contributed by atoms with Crippen LogP contribution in [0.2, 0.25) is 0 Å². The molecule has 2 rings (SSSR count). The Hall–Kier alpha value is -1.06. The maximum atomic E-state index is 12.6. The molecule has 19 heavy (non-hydrogen) atoms. The van der Waals surface area contributed by atoms with E-state index in [1.54, 1.807) is 0 Å². The zero-order valence-corrected chi connectivity index (χ0v) is 12.0. The molecule has 0 aromatic carbocycles. The van der Waals surface area contributed by atoms with Crippen molar-refractivity contribution in [3.63, 3.8) is 0 Å². The first-order chi connectivity index (χ1) is 8.99. The van der Waals surface area contributed by atoms with Gasteiger partial charge < -0.3 is 10.0 Å². The van der Waals surface area contributed by atoms with E-state index in [1.165, 1.54) is 12.8 Å². The summed E-state index contributed by atoms with van der Waals surface area (Å²) >= 11 is 0. The molecule has 2 saturated carbocycles. The molecule has 4 heteroatoms. The number of amides is 1. The van der Waals surface area contributed by atoms with E-state index >= 15 is 0 Å². The summed E-state index contributed by atoms with van der Waals surface area (Å²) in [5.41, 5.74) is 0. The van der Waals surface area contributed by atoms with Crippen molar-refractivity contribution in [2.45, 2.75) is 58.4 Å². The second kappa shape index (κ2) is 5.93. The van der Waals surface area contributed by atoms with Gasteiger partial charge in [-0.25, -0.2) is 0 Å². The van der Waals surface area contributed by atoms with Gasteiger partial charge in [-0.05, 0) is 51.9 Å². The molecule has 0 heterocycles. The highest BCUT2D eigenvalue weighted by Crippen LogP contribution is 2.34. The minimum atomic E-state index is -0.740. The van der Waals surface area contributed by atoms with Gasteiger partial charge >= 0.3 is 5.97 Å². The Labute approximate surface area is 115 Å². The van der Waals surface area contributed by atoms with Crippen molar-refractivity contribution in [2.24, 2.45) is 17.8 Å². The lowest BCUT2D eigenvalue weighted by atomic mass is 9.80. The third kappa shape index (κ3) is 3.71. The van der Waals surface area contributed by atoms with Crippen molar-refractivity contribution in [3.8, 4) is 0 Å². The Kier molecular flexibility index (Phi) is 4.48. The van der Waals surface area contributed by atoms with Crippen LogP contribution in [0, 0.1) is 17.8 Å². The maximum absolute atomic E-state index is 12.6. The Morgan fingerprint density at radius 3 is 2.32 bits per heavy atom. The molecule has 0 spiro atoms. The predicted molar refractivity (Wildman–Crippen MR) is 72.7 cm³/mol. The highest BCUT2D eigenvalue weighted by Gasteiger charge is 2.35. The van der Waals surface area contributed by atoms with E-state index in [9.17, 15) is 9.59 Å². The topological polar surface area (TPSA) is 57.6 Å². The van der Waals surface area contributed by atoms with Gasteiger partial charge in [-0.2, -0.15) is 0 Å². The Bertz CT molecular complexity index is 349. The van der Waals surface area contributed by atoms with Crippen molar-refractivity contribution >= 4 is 11.9 Å². The minimum absolute atomic E-state index is 0.0731. The Morgan fingerprint density at radius 1 is 1.16 bits per heavy atom. The first kappa shape index (κ1) is 14.4. The fraction of sp³-hybridized carbons (Fsp3) is 0.867. The average molecular weight is 267 g/mol. The van der Waals surface area contributed by atoms with Crippen LogP contribution >= 0.6 is 0 Å². The Morgan fingerprint density at radius 2 is 1.79 bits per heavy atom. The van der Waals surface area contributed by atoms with Crippen LogP contribution < -0.4 is 0 Å². The zero-order chi connectivity index (χ0) is 14.0. The molecule has 0 bridgehead atoms. The second-order valence-electron chi connectivity index (χ2n) is 6.43. The van der Waals surface area contributed by atoms with Crippen molar-refractivity contribution < 1.29 is 14.7 Å². The molecule has 2 aliphatic carbocycles. The predicted octanol–water partition coefficient (Wildman–Crippen LogP) is 2.52. The second-order valence-corrected chi connectivity index (χ2v) is 6.43. The van der Waals surface area contributed by atoms with Gasteiger partial charge in [0.2, 0.25) is 5.91 Å². The molecule has 2 aliphatic rings. The number of rotatable bonds is 5. The monoisotopic (exact) mass is 267 g/mol. The van der Waals surface area contributed by atoms with Crippen LogP contribution in [0.15, 0.2) is 0 Å². The Balaban J connectivity index is 1.97. The van der Waals surface area contributed by atoms with E-state index in [0.717, 1.165) is 25.8 Å². The zero-order valence-electron chi connectivity index (χ0n) is 12.0. The molecule has 1 amide bonds. The van der Waals surface area contributed by atoms with Gasteiger partial charge in [0.05, 0.1) is 5.92 Å². The average Bonchev–Trinajstić information content (AvgIpc) is 3.19. The van der Waals surface area contributed by atoms with Crippen LogP contribution in [0.3, 0.4) is 0 Å². The molecule has 2 unspecified atom stereocenters. The van der Waals surface area contributed by atoms with Crippen molar-refractivity contribution in [1.82, 2.24) is 4.90 Å². The number of carboxylic acid groups (broad SMARTS) is 1. The van der Waals surface area contributed by atoms with Crippen LogP contribution in [0.5, 0.6) is 0 Å². The molecule has 0 saturated heterocycles. The minimum Gasteiger partial charge on any atom is -0.481 e. The third-order valence-electron chi connectivity index (χ3n) is 4.43. The van der Waals surface area contributed by atoms with Crippen LogP contribution in [0.25, 0.3) is 0 Å². The van der Waals surface area contributed by atoms with Gasteiger partial charge in [-0.1, -0.05) is 6.42 Å². The molecule has 0 radical (unpaired) electrons. The molecular weight excluding hydrogens is 242 g/mol. The van der Waals surface area contributed by atoms with Gasteiger partial charge in [-0.3, -0.25) is 9.59 Å². The summed E-state index contributed by atoms with van der Waals surface area (Å²) in [5.74, 6) is -0.262. The smallest absolute Gasteiger partial charge is 0.306 e. The van der Waals surface area contributed by atoms with Crippen molar-refractivity contribution in [2.75, 3.05) is 6.54 Å². The molecule has 2 fully saturated rings. The summed E-state index contributed by atoms with van der Waals surface area (Å²) in [5, 5.41) is 9.12. The SMILES string of the molecule is CC(C)N(CC1CC1)C(=O)C1CCCC(C(=O)O)C1. The molecule has 0 aromatic heterocycles. The van der Waals surface area contributed by atoms with E-state index in [0.29, 0.717) is 12.3 Å². The number of aliphatic carboxylic acids is 1. The first-order valence-corrected chi connectivity index (χ1v) is 7.52. The largest absolute Gasteiger partial charge is 0.481 e. The van der Waals surface area contributed by atoms with E-state index in [2.05, 4.69) is 13.8 Å². The number of hydrogen-bond acceptors (Lipinski definition) is 2. The van der Waals surface area contributed by atoms with Crippen LogP contribution in [-0.2, 0) is 9.59 Å². The summed E-state index contributed by atoms with van der Waals surface area (Å²) in [4.78, 5) is 25.7. The standard InChI is InChI=1S/C15H25NO3/c1-10(2)16(9-11-6-7-11)14(17)12-4-3-5-13(8-12)15(18)19/h10-13H,3-9H2,1-2H3,(H,18,19). The van der Waals surface area contributed by atoms with Crippen LogP contribution in [0.4, 0.5) is 0 Å². The highest BCUT2D eigenvalue weighted by atomic mass is 16.4. The van der Waals surface area contributed by atoms with Crippen LogP contribution in [0.1, 0.15) is 52.4 Å². The molecule has 0 aromatic rings. The van der Waals surface area contributed by atoms with E-state index in [4.69, 9.17) is 5.11 Å². The lowest BCUT2D eigenvalue weighted by Crippen LogP contribution is -2.43. The van der Waals surface area contributed by atoms with E-state index in [-0.39, 0.29) is 23.8 Å². The van der Waals surface area contributed by atoms with Gasteiger partial charge in [0.15, 0.2) is 0 Å². The highest BCUT2D eigenvalue weighted by molar-refractivity contribution is 5.80. The number of carbonyl (C=O) groups excluding carboxylic acids is 1. The summed E-state index contributed by atoms with van der Waals surface area (Å²) in [6.45, 7) is 4.97. The molecule has 2 atom stereocenters. The van der Waals surface area contributed by atoms with Gasteiger partial charge in [-0.15, -0.1) is 0 Å². The van der Waals surface area contributed by atoms with Crippen molar-refractivity contribution in [3.05, 3.63) is 0 Å². The summed E-state index contributed by atoms with van der Waals surface area (Å²) in [6, 6.07) is 0.221. The third-order valence-corrected chi connectivity index (χ3v) is 4.43. The van der Waals surface area contributed by atoms with E-state index in [1.807, 2.05) is 4.90 Å². The van der Waals surface area contributed by atoms with Crippen molar-refractivity contribution in [1.29, 1.82) is 0 Å². The van der Waals surface area contributed by atoms with Gasteiger partial charge in [0, 0.05) is 18.5 Å². The maximum Gasteiger partial charge on any atom is 0.306 e. The summed E-state index contributed by atoms with van der Waals surface area (Å²) in [7, 11) is 0. The summed E-state index contributed by atoms with van der Waals surface area (Å²) in [6.07, 6.45) is 5.45. The quantitative estimate of drug-likeness (QED) is 0.832.